The zero-order valence-corrected chi connectivity index (χ0v) is 8.25. The molecule has 2 atom stereocenters. The van der Waals surface area contributed by atoms with Gasteiger partial charge in [0.15, 0.2) is 0 Å². The molecule has 1 N–H and O–H groups in total. The Morgan fingerprint density at radius 3 is 2.50 bits per heavy atom. The van der Waals surface area contributed by atoms with Crippen LogP contribution in [-0.2, 0) is 9.47 Å². The van der Waals surface area contributed by atoms with Crippen LogP contribution in [0.3, 0.4) is 0 Å². The van der Waals surface area contributed by atoms with Gasteiger partial charge in [0.2, 0.25) is 0 Å². The third kappa shape index (κ3) is 6.58. The first-order valence-corrected chi connectivity index (χ1v) is 4.49. The molecule has 0 aliphatic rings. The van der Waals surface area contributed by atoms with Gasteiger partial charge in [0.25, 0.3) is 0 Å². The van der Waals surface area contributed by atoms with Crippen molar-refractivity contribution in [1.29, 1.82) is 0 Å². The molecule has 0 spiro atoms. The summed E-state index contributed by atoms with van der Waals surface area (Å²) in [5.41, 5.74) is 0. The van der Waals surface area contributed by atoms with E-state index in [1.54, 1.807) is 7.11 Å². The summed E-state index contributed by atoms with van der Waals surface area (Å²) in [5, 5.41) is 9.27. The minimum atomic E-state index is -0.234. The summed E-state index contributed by atoms with van der Waals surface area (Å²) < 4.78 is 10.2. The van der Waals surface area contributed by atoms with Crippen molar-refractivity contribution in [2.45, 2.75) is 38.9 Å². The van der Waals surface area contributed by atoms with Gasteiger partial charge in [0.1, 0.15) is 0 Å². The molecule has 12 heavy (non-hydrogen) atoms. The van der Waals surface area contributed by atoms with Crippen LogP contribution in [-0.4, -0.2) is 37.6 Å². The van der Waals surface area contributed by atoms with Gasteiger partial charge in [0, 0.05) is 7.11 Å². The second kappa shape index (κ2) is 7.53. The standard InChI is InChI=1S/C9H20O3/c1-4-9(10)7-8(2)12-6-5-11-3/h8-10H,4-7H2,1-3H3. The van der Waals surface area contributed by atoms with Gasteiger partial charge in [-0.05, 0) is 19.8 Å². The van der Waals surface area contributed by atoms with Crippen LogP contribution in [0, 0.1) is 0 Å². The van der Waals surface area contributed by atoms with Crippen LogP contribution < -0.4 is 0 Å². The van der Waals surface area contributed by atoms with E-state index in [0.29, 0.717) is 19.6 Å². The highest BCUT2D eigenvalue weighted by Gasteiger charge is 2.07. The third-order valence-corrected chi connectivity index (χ3v) is 1.77. The van der Waals surface area contributed by atoms with E-state index < -0.39 is 0 Å². The van der Waals surface area contributed by atoms with E-state index in [1.165, 1.54) is 0 Å². The molecule has 0 aliphatic carbocycles. The molecule has 0 saturated heterocycles. The smallest absolute Gasteiger partial charge is 0.0703 e. The lowest BCUT2D eigenvalue weighted by molar-refractivity contribution is -0.000423. The molecule has 0 aromatic carbocycles. The van der Waals surface area contributed by atoms with Crippen LogP contribution in [0.25, 0.3) is 0 Å². The number of rotatable bonds is 7. The number of methoxy groups -OCH3 is 1. The van der Waals surface area contributed by atoms with Crippen LogP contribution in [0.1, 0.15) is 26.7 Å². The molecule has 0 rings (SSSR count). The average molecular weight is 176 g/mol. The topological polar surface area (TPSA) is 38.7 Å². The van der Waals surface area contributed by atoms with Crippen molar-refractivity contribution in [3.8, 4) is 0 Å². The Morgan fingerprint density at radius 2 is 2.00 bits per heavy atom. The molecular weight excluding hydrogens is 156 g/mol. The summed E-state index contributed by atoms with van der Waals surface area (Å²) in [6, 6.07) is 0. The van der Waals surface area contributed by atoms with E-state index in [1.807, 2.05) is 13.8 Å². The maximum absolute atomic E-state index is 9.27. The van der Waals surface area contributed by atoms with E-state index in [-0.39, 0.29) is 12.2 Å². The lowest BCUT2D eigenvalue weighted by atomic mass is 10.1. The molecule has 3 nitrogen and oxygen atoms in total. The number of hydrogen-bond acceptors (Lipinski definition) is 3. The molecule has 0 saturated carbocycles. The largest absolute Gasteiger partial charge is 0.393 e. The van der Waals surface area contributed by atoms with Gasteiger partial charge in [-0.2, -0.15) is 0 Å². The van der Waals surface area contributed by atoms with Crippen LogP contribution in [0.5, 0.6) is 0 Å². The van der Waals surface area contributed by atoms with Gasteiger partial charge in [-0.1, -0.05) is 6.92 Å². The highest BCUT2D eigenvalue weighted by atomic mass is 16.5. The Kier molecular flexibility index (Phi) is 7.45. The fourth-order valence-electron chi connectivity index (χ4n) is 0.950. The van der Waals surface area contributed by atoms with Gasteiger partial charge >= 0.3 is 0 Å². The fraction of sp³-hybridized carbons (Fsp3) is 1.00. The van der Waals surface area contributed by atoms with Crippen molar-refractivity contribution in [3.63, 3.8) is 0 Å². The molecule has 0 aromatic heterocycles. The normalized spacial score (nSPS) is 16.0. The van der Waals surface area contributed by atoms with Gasteiger partial charge < -0.3 is 14.6 Å². The van der Waals surface area contributed by atoms with Gasteiger partial charge in [0.05, 0.1) is 25.4 Å². The number of ether oxygens (including phenoxy) is 2. The number of aliphatic hydroxyl groups excluding tert-OH is 1. The minimum Gasteiger partial charge on any atom is -0.393 e. The van der Waals surface area contributed by atoms with Crippen LogP contribution in [0.2, 0.25) is 0 Å². The Labute approximate surface area is 74.7 Å². The zero-order valence-electron chi connectivity index (χ0n) is 8.25. The van der Waals surface area contributed by atoms with Crippen molar-refractivity contribution < 1.29 is 14.6 Å². The second-order valence-electron chi connectivity index (χ2n) is 2.97. The lowest BCUT2D eigenvalue weighted by Gasteiger charge is -2.15. The fourth-order valence-corrected chi connectivity index (χ4v) is 0.950. The molecule has 0 aromatic rings. The Morgan fingerprint density at radius 1 is 1.33 bits per heavy atom. The summed E-state index contributed by atoms with van der Waals surface area (Å²) in [6.07, 6.45) is 1.38. The van der Waals surface area contributed by atoms with E-state index >= 15 is 0 Å². The molecule has 0 fully saturated rings. The first-order chi connectivity index (χ1) is 5.70. The Balaban J connectivity index is 3.26. The van der Waals surface area contributed by atoms with Crippen molar-refractivity contribution in [1.82, 2.24) is 0 Å². The van der Waals surface area contributed by atoms with Crippen molar-refractivity contribution in [2.75, 3.05) is 20.3 Å². The van der Waals surface area contributed by atoms with E-state index in [0.717, 1.165) is 6.42 Å². The van der Waals surface area contributed by atoms with Crippen molar-refractivity contribution in [3.05, 3.63) is 0 Å². The predicted molar refractivity (Wildman–Crippen MR) is 48.2 cm³/mol. The monoisotopic (exact) mass is 176 g/mol. The maximum atomic E-state index is 9.27. The highest BCUT2D eigenvalue weighted by Crippen LogP contribution is 2.04. The Hall–Kier alpha value is -0.120. The summed E-state index contributed by atoms with van der Waals surface area (Å²) in [6.45, 7) is 5.15. The van der Waals surface area contributed by atoms with E-state index in [2.05, 4.69) is 0 Å². The molecule has 2 unspecified atom stereocenters. The van der Waals surface area contributed by atoms with E-state index in [9.17, 15) is 5.11 Å². The molecule has 0 heterocycles. The quantitative estimate of drug-likeness (QED) is 0.592. The molecule has 3 heteroatoms. The van der Waals surface area contributed by atoms with Gasteiger partial charge in [-0.3, -0.25) is 0 Å². The highest BCUT2D eigenvalue weighted by molar-refractivity contribution is 4.58. The minimum absolute atomic E-state index is 0.120. The zero-order chi connectivity index (χ0) is 9.40. The SMILES string of the molecule is CCC(O)CC(C)OCCOC. The Bertz CT molecular complexity index is 95.8. The van der Waals surface area contributed by atoms with Crippen LogP contribution in [0.4, 0.5) is 0 Å². The molecule has 74 valence electrons. The van der Waals surface area contributed by atoms with Crippen LogP contribution >= 0.6 is 0 Å². The summed E-state index contributed by atoms with van der Waals surface area (Å²) in [7, 11) is 1.65. The summed E-state index contributed by atoms with van der Waals surface area (Å²) >= 11 is 0. The maximum Gasteiger partial charge on any atom is 0.0703 e. The molecule has 0 aliphatic heterocycles. The average Bonchev–Trinajstić information content (AvgIpc) is 2.05. The molecule has 0 amide bonds. The molecule has 0 radical (unpaired) electrons. The third-order valence-electron chi connectivity index (χ3n) is 1.77. The van der Waals surface area contributed by atoms with E-state index in [4.69, 9.17) is 9.47 Å². The first kappa shape index (κ1) is 11.9. The number of aliphatic hydroxyl groups is 1. The summed E-state index contributed by atoms with van der Waals surface area (Å²) in [4.78, 5) is 0. The molecule has 0 bridgehead atoms. The first-order valence-electron chi connectivity index (χ1n) is 4.49. The predicted octanol–water partition coefficient (Wildman–Crippen LogP) is 1.20. The summed E-state index contributed by atoms with van der Waals surface area (Å²) in [5.74, 6) is 0. The van der Waals surface area contributed by atoms with Crippen LogP contribution in [0.15, 0.2) is 0 Å². The van der Waals surface area contributed by atoms with Gasteiger partial charge in [-0.25, -0.2) is 0 Å². The lowest BCUT2D eigenvalue weighted by Crippen LogP contribution is -2.19. The second-order valence-corrected chi connectivity index (χ2v) is 2.97. The van der Waals surface area contributed by atoms with Gasteiger partial charge in [-0.15, -0.1) is 0 Å². The number of hydrogen-bond donors (Lipinski definition) is 1. The molecular formula is C9H20O3. The van der Waals surface area contributed by atoms with Crippen molar-refractivity contribution in [2.24, 2.45) is 0 Å². The van der Waals surface area contributed by atoms with Crippen molar-refractivity contribution >= 4 is 0 Å².